The van der Waals surface area contributed by atoms with Crippen molar-refractivity contribution in [2.24, 2.45) is 5.92 Å². The second-order valence-corrected chi connectivity index (χ2v) is 6.72. The number of aliphatic hydroxyl groups excluding tert-OH is 1. The van der Waals surface area contributed by atoms with Crippen LogP contribution in [0.15, 0.2) is 29.2 Å². The van der Waals surface area contributed by atoms with Gasteiger partial charge in [-0.05, 0) is 43.0 Å². The third-order valence-electron chi connectivity index (χ3n) is 3.40. The maximum absolute atomic E-state index is 12.2. The van der Waals surface area contributed by atoms with Gasteiger partial charge in [-0.3, -0.25) is 0 Å². The van der Waals surface area contributed by atoms with Crippen molar-refractivity contribution in [3.8, 4) is 5.75 Å². The summed E-state index contributed by atoms with van der Waals surface area (Å²) in [4.78, 5) is 0.214. The van der Waals surface area contributed by atoms with Gasteiger partial charge in [0, 0.05) is 19.8 Å². The van der Waals surface area contributed by atoms with Gasteiger partial charge in [0.2, 0.25) is 10.0 Å². The number of nitrogens with one attached hydrogen (secondary N) is 1. The maximum Gasteiger partial charge on any atom is 0.240 e. The number of rotatable bonds is 7. The molecule has 1 heterocycles. The second-order valence-electron chi connectivity index (χ2n) is 4.95. The molecule has 0 atom stereocenters. The molecule has 1 saturated heterocycles. The molecule has 7 heteroatoms. The lowest BCUT2D eigenvalue weighted by atomic mass is 10.0. The van der Waals surface area contributed by atoms with E-state index in [1.807, 2.05) is 0 Å². The lowest BCUT2D eigenvalue weighted by Gasteiger charge is -2.22. The van der Waals surface area contributed by atoms with Crippen LogP contribution in [0.25, 0.3) is 0 Å². The van der Waals surface area contributed by atoms with Crippen LogP contribution in [0, 0.1) is 5.92 Å². The highest BCUT2D eigenvalue weighted by atomic mass is 32.2. The molecule has 0 aromatic heterocycles. The molecule has 0 spiro atoms. The van der Waals surface area contributed by atoms with Gasteiger partial charge in [-0.1, -0.05) is 0 Å². The van der Waals surface area contributed by atoms with E-state index in [0.717, 1.165) is 12.8 Å². The Balaban J connectivity index is 1.91. The molecule has 0 amide bonds. The fourth-order valence-electron chi connectivity index (χ4n) is 2.14. The highest BCUT2D eigenvalue weighted by molar-refractivity contribution is 7.89. The summed E-state index contributed by atoms with van der Waals surface area (Å²) in [5.74, 6) is 0.869. The van der Waals surface area contributed by atoms with Crippen molar-refractivity contribution in [1.82, 2.24) is 4.72 Å². The van der Waals surface area contributed by atoms with Crippen LogP contribution in [-0.2, 0) is 14.8 Å². The minimum Gasteiger partial charge on any atom is -0.491 e. The van der Waals surface area contributed by atoms with E-state index in [1.54, 1.807) is 12.1 Å². The van der Waals surface area contributed by atoms with Gasteiger partial charge in [0.25, 0.3) is 0 Å². The normalized spacial score (nSPS) is 16.8. The van der Waals surface area contributed by atoms with Crippen LogP contribution in [0.3, 0.4) is 0 Å². The van der Waals surface area contributed by atoms with E-state index < -0.39 is 10.0 Å². The average molecular weight is 315 g/mol. The summed E-state index contributed by atoms with van der Waals surface area (Å²) in [6.45, 7) is 1.95. The summed E-state index contributed by atoms with van der Waals surface area (Å²) < 4.78 is 37.4. The number of aliphatic hydroxyl groups is 1. The Morgan fingerprint density at radius 3 is 2.52 bits per heavy atom. The maximum atomic E-state index is 12.2. The Morgan fingerprint density at radius 1 is 1.24 bits per heavy atom. The lowest BCUT2D eigenvalue weighted by Crippen LogP contribution is -2.32. The van der Waals surface area contributed by atoms with E-state index >= 15 is 0 Å². The van der Waals surface area contributed by atoms with Gasteiger partial charge in [0.05, 0.1) is 11.5 Å². The van der Waals surface area contributed by atoms with Crippen LogP contribution < -0.4 is 9.46 Å². The first kappa shape index (κ1) is 16.2. The molecule has 0 saturated carbocycles. The molecule has 6 nitrogen and oxygen atoms in total. The van der Waals surface area contributed by atoms with Gasteiger partial charge in [0.1, 0.15) is 12.4 Å². The number of hydrogen-bond acceptors (Lipinski definition) is 5. The quantitative estimate of drug-likeness (QED) is 0.776. The van der Waals surface area contributed by atoms with Gasteiger partial charge >= 0.3 is 0 Å². The number of hydrogen-bond donors (Lipinski definition) is 2. The summed E-state index contributed by atoms with van der Waals surface area (Å²) in [5, 5.41) is 8.67. The molecule has 118 valence electrons. The first-order chi connectivity index (χ1) is 10.1. The van der Waals surface area contributed by atoms with Gasteiger partial charge in [-0.15, -0.1) is 0 Å². The van der Waals surface area contributed by atoms with Crippen molar-refractivity contribution in [3.63, 3.8) is 0 Å². The van der Waals surface area contributed by atoms with Crippen LogP contribution in [0.1, 0.15) is 12.8 Å². The van der Waals surface area contributed by atoms with Crippen LogP contribution >= 0.6 is 0 Å². The number of benzene rings is 1. The Hall–Kier alpha value is -1.15. The summed E-state index contributed by atoms with van der Waals surface area (Å²) in [6.07, 6.45) is 1.77. The van der Waals surface area contributed by atoms with Crippen LogP contribution in [0.5, 0.6) is 5.75 Å². The fourth-order valence-corrected chi connectivity index (χ4v) is 3.26. The molecule has 2 rings (SSSR count). The van der Waals surface area contributed by atoms with Crippen LogP contribution in [-0.4, -0.2) is 46.5 Å². The van der Waals surface area contributed by atoms with Crippen LogP contribution in [0.4, 0.5) is 0 Å². The Morgan fingerprint density at radius 2 is 1.90 bits per heavy atom. The third kappa shape index (κ3) is 4.96. The zero-order chi connectivity index (χ0) is 15.1. The highest BCUT2D eigenvalue weighted by Gasteiger charge is 2.19. The minimum atomic E-state index is -3.49. The SMILES string of the molecule is O=S(=O)(NCC1CCOCC1)c1ccc(OCCO)cc1. The largest absolute Gasteiger partial charge is 0.491 e. The van der Waals surface area contributed by atoms with E-state index in [1.165, 1.54) is 12.1 Å². The smallest absolute Gasteiger partial charge is 0.240 e. The topological polar surface area (TPSA) is 84.9 Å². The fraction of sp³-hybridized carbons (Fsp3) is 0.571. The van der Waals surface area contributed by atoms with E-state index in [2.05, 4.69) is 4.72 Å². The first-order valence-electron chi connectivity index (χ1n) is 7.03. The molecular formula is C14H21NO5S. The third-order valence-corrected chi connectivity index (χ3v) is 4.84. The van der Waals surface area contributed by atoms with E-state index in [0.29, 0.717) is 31.4 Å². The Labute approximate surface area is 125 Å². The number of ether oxygens (including phenoxy) is 2. The van der Waals surface area contributed by atoms with Gasteiger partial charge in [-0.2, -0.15) is 0 Å². The molecule has 1 aliphatic rings. The van der Waals surface area contributed by atoms with Crippen LogP contribution in [0.2, 0.25) is 0 Å². The predicted molar refractivity (Wildman–Crippen MR) is 77.8 cm³/mol. The minimum absolute atomic E-state index is 0.0767. The molecule has 0 unspecified atom stereocenters. The van der Waals surface area contributed by atoms with Crippen molar-refractivity contribution in [2.45, 2.75) is 17.7 Å². The predicted octanol–water partition coefficient (Wildman–Crippen LogP) is 0.763. The highest BCUT2D eigenvalue weighted by Crippen LogP contribution is 2.17. The molecule has 1 aliphatic heterocycles. The monoisotopic (exact) mass is 315 g/mol. The van der Waals surface area contributed by atoms with E-state index in [9.17, 15) is 8.42 Å². The molecule has 0 aliphatic carbocycles. The van der Waals surface area contributed by atoms with Gasteiger partial charge in [0.15, 0.2) is 0 Å². The molecule has 0 radical (unpaired) electrons. The molecule has 1 aromatic rings. The van der Waals surface area contributed by atoms with Crippen molar-refractivity contribution in [3.05, 3.63) is 24.3 Å². The van der Waals surface area contributed by atoms with Gasteiger partial charge in [-0.25, -0.2) is 13.1 Å². The molecule has 1 aromatic carbocycles. The van der Waals surface area contributed by atoms with Crippen molar-refractivity contribution < 1.29 is 23.0 Å². The zero-order valence-electron chi connectivity index (χ0n) is 11.8. The summed E-state index contributed by atoms with van der Waals surface area (Å²) in [6, 6.07) is 6.16. The van der Waals surface area contributed by atoms with Gasteiger partial charge < -0.3 is 14.6 Å². The van der Waals surface area contributed by atoms with Crippen molar-refractivity contribution >= 4 is 10.0 Å². The molecule has 21 heavy (non-hydrogen) atoms. The standard InChI is InChI=1S/C14H21NO5S/c16-7-10-20-13-1-3-14(4-2-13)21(17,18)15-11-12-5-8-19-9-6-12/h1-4,12,15-16H,5-11H2. The number of sulfonamides is 1. The second kappa shape index (κ2) is 7.74. The average Bonchev–Trinajstić information content (AvgIpc) is 2.52. The molecular weight excluding hydrogens is 294 g/mol. The summed E-state index contributed by atoms with van der Waals surface area (Å²) >= 11 is 0. The van der Waals surface area contributed by atoms with Crippen molar-refractivity contribution in [1.29, 1.82) is 0 Å². The first-order valence-corrected chi connectivity index (χ1v) is 8.51. The summed E-state index contributed by atoms with van der Waals surface area (Å²) in [7, 11) is -3.49. The zero-order valence-corrected chi connectivity index (χ0v) is 12.6. The Bertz CT molecular complexity index is 523. The molecule has 2 N–H and O–H groups in total. The summed E-state index contributed by atoms with van der Waals surface area (Å²) in [5.41, 5.74) is 0. The molecule has 1 fully saturated rings. The lowest BCUT2D eigenvalue weighted by molar-refractivity contribution is 0.0678. The van der Waals surface area contributed by atoms with Crippen molar-refractivity contribution in [2.75, 3.05) is 33.0 Å². The Kier molecular flexibility index (Phi) is 5.98. The van der Waals surface area contributed by atoms with E-state index in [-0.39, 0.29) is 18.1 Å². The van der Waals surface area contributed by atoms with E-state index in [4.69, 9.17) is 14.6 Å². The molecule has 0 bridgehead atoms.